The van der Waals surface area contributed by atoms with Crippen LogP contribution < -0.4 is 10.8 Å². The number of pyridine rings is 1. The van der Waals surface area contributed by atoms with Crippen LogP contribution in [0.5, 0.6) is 0 Å². The summed E-state index contributed by atoms with van der Waals surface area (Å²) >= 11 is 0. The van der Waals surface area contributed by atoms with Gasteiger partial charge in [0.15, 0.2) is 0 Å². The molecule has 42 heavy (non-hydrogen) atoms. The van der Waals surface area contributed by atoms with Gasteiger partial charge in [-0.3, -0.25) is 34.4 Å². The number of imide groups is 2. The molecular weight excluding hydrogens is 535 g/mol. The van der Waals surface area contributed by atoms with E-state index in [4.69, 9.17) is 5.10 Å². The highest BCUT2D eigenvalue weighted by molar-refractivity contribution is 6.52. The largest absolute Gasteiger partial charge is 0.411 e. The van der Waals surface area contributed by atoms with Crippen molar-refractivity contribution in [2.24, 2.45) is 5.16 Å². The lowest BCUT2D eigenvalue weighted by molar-refractivity contribution is -0.136. The van der Waals surface area contributed by atoms with Gasteiger partial charge in [-0.1, -0.05) is 41.0 Å². The van der Waals surface area contributed by atoms with E-state index >= 15 is 0 Å². The molecule has 0 spiro atoms. The van der Waals surface area contributed by atoms with E-state index in [1.165, 1.54) is 0 Å². The molecule has 7 rings (SSSR count). The van der Waals surface area contributed by atoms with Gasteiger partial charge in [0.05, 0.1) is 22.5 Å². The maximum atomic E-state index is 13.3. The lowest BCUT2D eigenvalue weighted by Crippen LogP contribution is -2.54. The van der Waals surface area contributed by atoms with E-state index in [-0.39, 0.29) is 24.0 Å². The second kappa shape index (κ2) is 9.91. The Morgan fingerprint density at radius 2 is 1.64 bits per heavy atom. The summed E-state index contributed by atoms with van der Waals surface area (Å²) in [6, 6.07) is 13.7. The van der Waals surface area contributed by atoms with Gasteiger partial charge >= 0.3 is 7.41 Å². The molecule has 0 saturated carbocycles. The molecule has 3 aliphatic rings. The Balaban J connectivity index is 1.21. The zero-order chi connectivity index (χ0) is 29.0. The molecule has 4 heterocycles. The van der Waals surface area contributed by atoms with Crippen LogP contribution in [0.2, 0.25) is 0 Å². The van der Waals surface area contributed by atoms with Gasteiger partial charge in [0.1, 0.15) is 6.04 Å². The smallest absolute Gasteiger partial charge is 0.316 e. The molecule has 1 radical (unpaired) electrons. The van der Waals surface area contributed by atoms with Crippen molar-refractivity contribution >= 4 is 42.2 Å². The molecule has 2 aromatic heterocycles. The minimum Gasteiger partial charge on any atom is -0.411 e. The predicted octanol–water partition coefficient (Wildman–Crippen LogP) is 1.93. The Bertz CT molecular complexity index is 1850. The molecule has 1 atom stereocenters. The van der Waals surface area contributed by atoms with Crippen LogP contribution in [0.1, 0.15) is 51.1 Å². The van der Waals surface area contributed by atoms with E-state index in [1.807, 2.05) is 30.5 Å². The van der Waals surface area contributed by atoms with Gasteiger partial charge in [-0.05, 0) is 48.6 Å². The summed E-state index contributed by atoms with van der Waals surface area (Å²) in [7, 11) is 1.75. The first-order chi connectivity index (χ1) is 20.4. The van der Waals surface area contributed by atoms with Gasteiger partial charge in [0.25, 0.3) is 11.8 Å². The third kappa shape index (κ3) is 4.19. The molecular formula is C30H22BN6O5. The number of carbonyl (C=O) groups excluding carboxylic acids is 4. The third-order valence-corrected chi connectivity index (χ3v) is 7.91. The van der Waals surface area contributed by atoms with E-state index in [2.05, 4.69) is 21.5 Å². The van der Waals surface area contributed by atoms with Crippen LogP contribution in [0.25, 0.3) is 22.4 Å². The lowest BCUT2D eigenvalue weighted by atomic mass is 9.81. The molecule has 1 unspecified atom stereocenters. The van der Waals surface area contributed by atoms with Crippen LogP contribution in [0.15, 0.2) is 72.3 Å². The second-order valence-corrected chi connectivity index (χ2v) is 10.4. The fourth-order valence-electron chi connectivity index (χ4n) is 5.85. The zero-order valence-electron chi connectivity index (χ0n) is 22.2. The number of benzene rings is 2. The van der Waals surface area contributed by atoms with E-state index in [9.17, 15) is 24.4 Å². The van der Waals surface area contributed by atoms with Crippen molar-refractivity contribution < 1.29 is 24.4 Å². The number of piperidine rings is 1. The van der Waals surface area contributed by atoms with Crippen LogP contribution in [-0.2, 0) is 16.0 Å². The summed E-state index contributed by atoms with van der Waals surface area (Å²) in [5.41, 5.74) is 7.20. The summed E-state index contributed by atoms with van der Waals surface area (Å²) in [5.74, 6) is -2.18. The molecule has 4 aromatic rings. The van der Waals surface area contributed by atoms with Gasteiger partial charge in [-0.15, -0.1) is 0 Å². The topological polar surface area (TPSA) is 147 Å². The number of nitrogens with one attached hydrogen (secondary N) is 1. The zero-order valence-corrected chi connectivity index (χ0v) is 22.2. The Morgan fingerprint density at radius 3 is 2.43 bits per heavy atom. The van der Waals surface area contributed by atoms with Crippen molar-refractivity contribution in [3.63, 3.8) is 0 Å². The highest BCUT2D eigenvalue weighted by Crippen LogP contribution is 2.34. The number of rotatable bonds is 5. The Labute approximate surface area is 240 Å². The number of amides is 4. The minimum atomic E-state index is -1.02. The van der Waals surface area contributed by atoms with Crippen LogP contribution in [-0.4, -0.2) is 67.6 Å². The standard InChI is InChI=1S/C30H22BN6O5/c38-26-8-7-25(28(39)33-26)37-29(40)21-5-3-19(14-22(21)30(37)41)31-36-15-23(27(34-36)16-9-11-32-12-10-16)18-1-4-20-17(13-18)2-6-24(20)35-42/h1,3-5,9-15,25,42H,2,6-8H2,(H,33,38,39)/b35-24+. The van der Waals surface area contributed by atoms with Crippen molar-refractivity contribution in [3.05, 3.63) is 89.4 Å². The first-order valence-electron chi connectivity index (χ1n) is 13.5. The second-order valence-electron chi connectivity index (χ2n) is 10.4. The minimum absolute atomic E-state index is 0.0602. The molecule has 1 fully saturated rings. The SMILES string of the molecule is O=C1CCC(N2C(=O)c3ccc([B]n4cc(-c5ccc6c(c5)CC/C6=N\O)c(-c5ccncc5)n4)cc3C2=O)C(=O)N1. The van der Waals surface area contributed by atoms with E-state index in [0.717, 1.165) is 44.8 Å². The highest BCUT2D eigenvalue weighted by Gasteiger charge is 2.44. The normalized spacial score (nSPS) is 18.8. The molecule has 1 saturated heterocycles. The Kier molecular flexibility index (Phi) is 6.04. The van der Waals surface area contributed by atoms with Crippen LogP contribution >= 0.6 is 0 Å². The molecule has 11 nitrogen and oxygen atoms in total. The lowest BCUT2D eigenvalue weighted by Gasteiger charge is -2.27. The molecule has 2 N–H and O–H groups in total. The number of fused-ring (bicyclic) bond motifs is 2. The van der Waals surface area contributed by atoms with Crippen molar-refractivity contribution in [2.45, 2.75) is 31.7 Å². The van der Waals surface area contributed by atoms with Crippen LogP contribution in [0, 0.1) is 0 Å². The molecule has 12 heteroatoms. The fraction of sp³-hybridized carbons (Fsp3) is 0.167. The number of aromatic nitrogens is 3. The monoisotopic (exact) mass is 557 g/mol. The Hall–Kier alpha value is -5.39. The number of nitrogens with zero attached hydrogens (tertiary/aromatic N) is 5. The third-order valence-electron chi connectivity index (χ3n) is 7.91. The highest BCUT2D eigenvalue weighted by atomic mass is 16.4. The molecule has 2 aromatic carbocycles. The summed E-state index contributed by atoms with van der Waals surface area (Å²) in [6.07, 6.45) is 6.91. The Morgan fingerprint density at radius 1 is 0.857 bits per heavy atom. The predicted molar refractivity (Wildman–Crippen MR) is 151 cm³/mol. The molecule has 4 amide bonds. The van der Waals surface area contributed by atoms with Crippen molar-refractivity contribution in [1.29, 1.82) is 0 Å². The number of hydrogen-bond donors (Lipinski definition) is 2. The number of carbonyl (C=O) groups is 4. The van der Waals surface area contributed by atoms with Gasteiger partial charge < -0.3 is 9.80 Å². The molecule has 205 valence electrons. The molecule has 1 aliphatic carbocycles. The van der Waals surface area contributed by atoms with Crippen LogP contribution in [0.3, 0.4) is 0 Å². The summed E-state index contributed by atoms with van der Waals surface area (Å²) in [6.45, 7) is 0. The van der Waals surface area contributed by atoms with Gasteiger partial charge in [-0.2, -0.15) is 5.10 Å². The maximum absolute atomic E-state index is 13.3. The maximum Gasteiger partial charge on any atom is 0.316 e. The quantitative estimate of drug-likeness (QED) is 0.165. The first-order valence-corrected chi connectivity index (χ1v) is 13.5. The van der Waals surface area contributed by atoms with Gasteiger partial charge in [0, 0.05) is 41.7 Å². The average Bonchev–Trinajstić information content (AvgIpc) is 3.68. The van der Waals surface area contributed by atoms with E-state index < -0.39 is 29.7 Å². The molecule has 2 aliphatic heterocycles. The summed E-state index contributed by atoms with van der Waals surface area (Å²) in [5, 5.41) is 19.8. The number of oxime groups is 1. The van der Waals surface area contributed by atoms with Crippen molar-refractivity contribution in [1.82, 2.24) is 24.9 Å². The van der Waals surface area contributed by atoms with Gasteiger partial charge in [-0.25, -0.2) is 0 Å². The number of hydrogen-bond acceptors (Lipinski definition) is 8. The average molecular weight is 557 g/mol. The van der Waals surface area contributed by atoms with Crippen molar-refractivity contribution in [3.8, 4) is 22.4 Å². The van der Waals surface area contributed by atoms with E-state index in [1.54, 1.807) is 42.6 Å². The number of aryl methyl sites for hydroxylation is 1. The van der Waals surface area contributed by atoms with Crippen molar-refractivity contribution in [2.75, 3.05) is 0 Å². The first kappa shape index (κ1) is 25.6. The fourth-order valence-corrected chi connectivity index (χ4v) is 5.85. The summed E-state index contributed by atoms with van der Waals surface area (Å²) in [4.78, 5) is 55.4. The van der Waals surface area contributed by atoms with Gasteiger partial charge in [0.2, 0.25) is 11.8 Å². The van der Waals surface area contributed by atoms with E-state index in [0.29, 0.717) is 17.6 Å². The summed E-state index contributed by atoms with van der Waals surface area (Å²) < 4.78 is 1.67. The molecule has 0 bridgehead atoms. The van der Waals surface area contributed by atoms with Crippen LogP contribution in [0.4, 0.5) is 0 Å².